The largest absolute Gasteiger partial charge is 0.472 e. The highest BCUT2D eigenvalue weighted by Gasteiger charge is 2.34. The summed E-state index contributed by atoms with van der Waals surface area (Å²) in [4.78, 5) is 22.2. The van der Waals surface area contributed by atoms with E-state index in [1.54, 1.807) is 11.1 Å². The molecule has 0 saturated carbocycles. The number of likely N-dealkylation sites (N-methyl/N-ethyl adjacent to an activating group) is 1. The molecule has 2 heterocycles. The van der Waals surface area contributed by atoms with E-state index in [2.05, 4.69) is 36.0 Å². The lowest BCUT2D eigenvalue weighted by Crippen LogP contribution is -2.49. The molecule has 0 aliphatic carbocycles. The Kier molecular flexibility index (Phi) is 7.60. The molecular weight excluding hydrogens is 426 g/mol. The first-order chi connectivity index (χ1) is 16.5. The second-order valence-electron chi connectivity index (χ2n) is 9.25. The summed E-state index contributed by atoms with van der Waals surface area (Å²) in [5.74, 6) is 0.245. The predicted octanol–water partition coefficient (Wildman–Crippen LogP) is 4.10. The number of benzene rings is 2. The van der Waals surface area contributed by atoms with E-state index in [4.69, 9.17) is 4.74 Å². The molecule has 1 aliphatic heterocycles. The molecule has 0 saturated heterocycles. The molecule has 3 aromatic rings. The van der Waals surface area contributed by atoms with Gasteiger partial charge in [0.2, 0.25) is 5.88 Å². The standard InChI is InChI=1S/C28H33N3O3/c1-20-16-31(21(2)19-32)28(33)25-14-24(23-12-8-5-9-13-23)15-29-27(25)34-26(20)18-30(3)17-22-10-6-4-7-11-22/h4-15,20-21,26,32H,16-19H2,1-3H3/t20-,21+,26+/m0/s1. The Hall–Kier alpha value is -3.22. The number of aliphatic hydroxyl groups excluding tert-OH is 1. The van der Waals surface area contributed by atoms with Gasteiger partial charge < -0.3 is 14.7 Å². The highest BCUT2D eigenvalue weighted by atomic mass is 16.5. The second kappa shape index (κ2) is 10.8. The maximum absolute atomic E-state index is 13.6. The Morgan fingerprint density at radius 2 is 1.79 bits per heavy atom. The first-order valence-corrected chi connectivity index (χ1v) is 11.8. The fourth-order valence-corrected chi connectivity index (χ4v) is 4.38. The molecule has 1 amide bonds. The summed E-state index contributed by atoms with van der Waals surface area (Å²) in [7, 11) is 2.08. The summed E-state index contributed by atoms with van der Waals surface area (Å²) in [6.07, 6.45) is 1.60. The molecule has 1 aliphatic rings. The van der Waals surface area contributed by atoms with Gasteiger partial charge in [-0.3, -0.25) is 9.69 Å². The molecule has 0 fully saturated rings. The number of amides is 1. The third kappa shape index (κ3) is 5.46. The van der Waals surface area contributed by atoms with Crippen molar-refractivity contribution in [1.82, 2.24) is 14.8 Å². The molecule has 1 aromatic heterocycles. The van der Waals surface area contributed by atoms with Crippen molar-refractivity contribution in [3.8, 4) is 17.0 Å². The minimum atomic E-state index is -0.302. The molecule has 0 radical (unpaired) electrons. The zero-order valence-corrected chi connectivity index (χ0v) is 20.1. The van der Waals surface area contributed by atoms with Crippen LogP contribution in [0.2, 0.25) is 0 Å². The van der Waals surface area contributed by atoms with Crippen LogP contribution in [0.1, 0.15) is 29.8 Å². The molecule has 34 heavy (non-hydrogen) atoms. The first kappa shape index (κ1) is 23.9. The van der Waals surface area contributed by atoms with Gasteiger partial charge in [0.15, 0.2) is 0 Å². The van der Waals surface area contributed by atoms with Gasteiger partial charge in [0.25, 0.3) is 5.91 Å². The van der Waals surface area contributed by atoms with Gasteiger partial charge >= 0.3 is 0 Å². The molecule has 0 bridgehead atoms. The quantitative estimate of drug-likeness (QED) is 0.576. The van der Waals surface area contributed by atoms with Gasteiger partial charge in [-0.1, -0.05) is 67.6 Å². The molecular formula is C28H33N3O3. The summed E-state index contributed by atoms with van der Waals surface area (Å²) >= 11 is 0. The Labute approximate surface area is 201 Å². The fourth-order valence-electron chi connectivity index (χ4n) is 4.38. The van der Waals surface area contributed by atoms with Gasteiger partial charge in [-0.25, -0.2) is 4.98 Å². The molecule has 178 valence electrons. The number of hydrogen-bond donors (Lipinski definition) is 1. The normalized spacial score (nSPS) is 19.2. The molecule has 6 heteroatoms. The Morgan fingerprint density at radius 1 is 1.12 bits per heavy atom. The molecule has 4 rings (SSSR count). The first-order valence-electron chi connectivity index (χ1n) is 11.8. The SMILES string of the molecule is C[C@H](CO)N1C[C@H](C)[C@@H](CN(C)Cc2ccccc2)Oc2ncc(-c3ccccc3)cc2C1=O. The van der Waals surface area contributed by atoms with Crippen LogP contribution < -0.4 is 4.74 Å². The lowest BCUT2D eigenvalue weighted by Gasteiger charge is -2.37. The topological polar surface area (TPSA) is 65.9 Å². The molecule has 0 unspecified atom stereocenters. The van der Waals surface area contributed by atoms with Crippen molar-refractivity contribution in [2.75, 3.05) is 26.7 Å². The second-order valence-corrected chi connectivity index (χ2v) is 9.25. The summed E-state index contributed by atoms with van der Waals surface area (Å²) < 4.78 is 6.42. The van der Waals surface area contributed by atoms with Crippen molar-refractivity contribution in [1.29, 1.82) is 0 Å². The number of hydrogen-bond acceptors (Lipinski definition) is 5. The van der Waals surface area contributed by atoms with E-state index in [9.17, 15) is 9.90 Å². The van der Waals surface area contributed by atoms with Gasteiger partial charge in [0.1, 0.15) is 11.7 Å². The Morgan fingerprint density at radius 3 is 2.47 bits per heavy atom. The monoisotopic (exact) mass is 459 g/mol. The molecule has 2 aromatic carbocycles. The number of aliphatic hydroxyl groups is 1. The Bertz CT molecular complexity index is 1090. The van der Waals surface area contributed by atoms with Crippen LogP contribution >= 0.6 is 0 Å². The fraction of sp³-hybridized carbons (Fsp3) is 0.357. The van der Waals surface area contributed by atoms with E-state index in [-0.39, 0.29) is 30.6 Å². The van der Waals surface area contributed by atoms with E-state index in [0.717, 1.165) is 17.7 Å². The van der Waals surface area contributed by atoms with Crippen LogP contribution in [0.4, 0.5) is 0 Å². The number of fused-ring (bicyclic) bond motifs is 1. The number of nitrogens with zero attached hydrogens (tertiary/aromatic N) is 3. The van der Waals surface area contributed by atoms with Gasteiger partial charge in [0, 0.05) is 37.3 Å². The van der Waals surface area contributed by atoms with E-state index in [1.807, 2.05) is 61.5 Å². The third-order valence-electron chi connectivity index (χ3n) is 6.42. The minimum absolute atomic E-state index is 0.0555. The predicted molar refractivity (Wildman–Crippen MR) is 134 cm³/mol. The van der Waals surface area contributed by atoms with Crippen molar-refractivity contribution < 1.29 is 14.6 Å². The molecule has 3 atom stereocenters. The Balaban J connectivity index is 1.65. The van der Waals surface area contributed by atoms with Crippen LogP contribution in [-0.4, -0.2) is 64.7 Å². The van der Waals surface area contributed by atoms with Crippen molar-refractivity contribution in [2.24, 2.45) is 5.92 Å². The number of ether oxygens (including phenoxy) is 1. The average molecular weight is 460 g/mol. The average Bonchev–Trinajstić information content (AvgIpc) is 2.86. The van der Waals surface area contributed by atoms with Crippen LogP contribution in [0.5, 0.6) is 5.88 Å². The van der Waals surface area contributed by atoms with Crippen molar-refractivity contribution >= 4 is 5.91 Å². The zero-order chi connectivity index (χ0) is 24.1. The number of rotatable bonds is 7. The van der Waals surface area contributed by atoms with E-state index in [1.165, 1.54) is 5.56 Å². The van der Waals surface area contributed by atoms with Crippen LogP contribution in [-0.2, 0) is 6.54 Å². The number of carbonyl (C=O) groups is 1. The maximum atomic E-state index is 13.6. The molecule has 6 nitrogen and oxygen atoms in total. The van der Waals surface area contributed by atoms with Gasteiger partial charge in [-0.2, -0.15) is 0 Å². The van der Waals surface area contributed by atoms with E-state index >= 15 is 0 Å². The summed E-state index contributed by atoms with van der Waals surface area (Å²) in [6, 6.07) is 21.8. The minimum Gasteiger partial charge on any atom is -0.472 e. The van der Waals surface area contributed by atoms with Crippen LogP contribution in [0.3, 0.4) is 0 Å². The number of carbonyl (C=O) groups excluding carboxylic acids is 1. The van der Waals surface area contributed by atoms with Crippen LogP contribution in [0, 0.1) is 5.92 Å². The van der Waals surface area contributed by atoms with Crippen molar-refractivity contribution in [3.63, 3.8) is 0 Å². The maximum Gasteiger partial charge on any atom is 0.259 e. The lowest BCUT2D eigenvalue weighted by molar-refractivity contribution is 0.0325. The van der Waals surface area contributed by atoms with Crippen molar-refractivity contribution in [2.45, 2.75) is 32.5 Å². The smallest absolute Gasteiger partial charge is 0.259 e. The van der Waals surface area contributed by atoms with Gasteiger partial charge in [0.05, 0.1) is 12.6 Å². The summed E-state index contributed by atoms with van der Waals surface area (Å²) in [6.45, 7) is 5.86. The van der Waals surface area contributed by atoms with E-state index in [0.29, 0.717) is 24.5 Å². The zero-order valence-electron chi connectivity index (χ0n) is 20.1. The van der Waals surface area contributed by atoms with Crippen molar-refractivity contribution in [3.05, 3.63) is 84.1 Å². The number of pyridine rings is 1. The highest BCUT2D eigenvalue weighted by Crippen LogP contribution is 2.30. The molecule has 0 spiro atoms. The van der Waals surface area contributed by atoms with Gasteiger partial charge in [-0.05, 0) is 31.2 Å². The molecule has 1 N–H and O–H groups in total. The van der Waals surface area contributed by atoms with E-state index < -0.39 is 0 Å². The van der Waals surface area contributed by atoms with Crippen LogP contribution in [0.15, 0.2) is 72.9 Å². The van der Waals surface area contributed by atoms with Gasteiger partial charge in [-0.15, -0.1) is 0 Å². The summed E-state index contributed by atoms with van der Waals surface area (Å²) in [5.41, 5.74) is 3.52. The lowest BCUT2D eigenvalue weighted by atomic mass is 9.99. The third-order valence-corrected chi connectivity index (χ3v) is 6.42. The summed E-state index contributed by atoms with van der Waals surface area (Å²) in [5, 5.41) is 9.86. The highest BCUT2D eigenvalue weighted by molar-refractivity contribution is 5.98. The number of aromatic nitrogens is 1. The van der Waals surface area contributed by atoms with Crippen LogP contribution in [0.25, 0.3) is 11.1 Å².